The molecule has 6 nitrogen and oxygen atoms in total. The van der Waals surface area contributed by atoms with Crippen molar-refractivity contribution in [1.82, 2.24) is 19.6 Å². The van der Waals surface area contributed by atoms with Crippen molar-refractivity contribution < 1.29 is 0 Å². The van der Waals surface area contributed by atoms with Crippen molar-refractivity contribution in [3.63, 3.8) is 0 Å². The largest absolute Gasteiger partial charge is 0.350 e. The van der Waals surface area contributed by atoms with E-state index < -0.39 is 0 Å². The molecule has 5 rings (SSSR count). The first kappa shape index (κ1) is 20.4. The van der Waals surface area contributed by atoms with Crippen LogP contribution in [0.4, 0.5) is 5.82 Å². The van der Waals surface area contributed by atoms with Gasteiger partial charge in [-0.1, -0.05) is 23.8 Å². The van der Waals surface area contributed by atoms with Crippen molar-refractivity contribution in [1.29, 1.82) is 0 Å². The van der Waals surface area contributed by atoms with E-state index in [1.54, 1.807) is 0 Å². The number of nitrogens with zero attached hydrogens (tertiary/aromatic N) is 5. The summed E-state index contributed by atoms with van der Waals surface area (Å²) in [7, 11) is 0. The second-order valence-corrected chi connectivity index (χ2v) is 8.86. The minimum atomic E-state index is -0.145. The van der Waals surface area contributed by atoms with Crippen LogP contribution in [0.15, 0.2) is 41.3 Å². The Balaban J connectivity index is 1.56. The molecule has 3 aromatic heterocycles. The molecule has 0 bridgehead atoms. The van der Waals surface area contributed by atoms with Gasteiger partial charge in [0.1, 0.15) is 0 Å². The molecular formula is C26H27N5O. The van der Waals surface area contributed by atoms with Crippen LogP contribution < -0.4 is 10.5 Å². The van der Waals surface area contributed by atoms with Crippen LogP contribution in [0.1, 0.15) is 39.2 Å². The number of fused-ring (bicyclic) bond motifs is 2. The summed E-state index contributed by atoms with van der Waals surface area (Å²) >= 11 is 0. The molecular weight excluding hydrogens is 398 g/mol. The molecule has 0 aliphatic carbocycles. The highest BCUT2D eigenvalue weighted by atomic mass is 16.1. The SMILES string of the molecule is Cc1ccc(-c2cnc3c(c2)CN(c2nn4c(=O)cc(C)nc4c(C)c2C)CC3)c(C)c1. The number of benzene rings is 1. The Kier molecular flexibility index (Phi) is 4.81. The van der Waals surface area contributed by atoms with E-state index in [2.05, 4.69) is 54.9 Å². The highest BCUT2D eigenvalue weighted by Gasteiger charge is 2.23. The third-order valence-electron chi connectivity index (χ3n) is 6.48. The fourth-order valence-electron chi connectivity index (χ4n) is 4.63. The third-order valence-corrected chi connectivity index (χ3v) is 6.48. The van der Waals surface area contributed by atoms with Crippen LogP contribution in [0.5, 0.6) is 0 Å². The van der Waals surface area contributed by atoms with Crippen molar-refractivity contribution in [3.05, 3.63) is 86.1 Å². The summed E-state index contributed by atoms with van der Waals surface area (Å²) in [6, 6.07) is 10.3. The van der Waals surface area contributed by atoms with Crippen LogP contribution in [0, 0.1) is 34.6 Å². The van der Waals surface area contributed by atoms with Gasteiger partial charge in [-0.25, -0.2) is 4.98 Å². The van der Waals surface area contributed by atoms with E-state index >= 15 is 0 Å². The van der Waals surface area contributed by atoms with Gasteiger partial charge in [0.25, 0.3) is 5.56 Å². The standard InChI is InChI=1S/C26H27N5O/c1-15-6-7-22(16(2)10-15)20-12-21-14-30(9-8-23(21)27-13-20)26-19(5)18(4)25-28-17(3)11-24(32)31(25)29-26/h6-7,10-13H,8-9,14H2,1-5H3. The van der Waals surface area contributed by atoms with Crippen LogP contribution in [-0.2, 0) is 13.0 Å². The van der Waals surface area contributed by atoms with Crippen LogP contribution in [0.3, 0.4) is 0 Å². The fourth-order valence-corrected chi connectivity index (χ4v) is 4.63. The Hall–Kier alpha value is -3.54. The molecule has 0 amide bonds. The van der Waals surface area contributed by atoms with Gasteiger partial charge >= 0.3 is 0 Å². The van der Waals surface area contributed by atoms with Crippen LogP contribution in [0.25, 0.3) is 16.8 Å². The maximum Gasteiger partial charge on any atom is 0.274 e. The average molecular weight is 426 g/mol. The van der Waals surface area contributed by atoms with E-state index in [9.17, 15) is 4.79 Å². The molecule has 4 heterocycles. The molecule has 1 aliphatic heterocycles. The second kappa shape index (κ2) is 7.55. The highest BCUT2D eigenvalue weighted by Crippen LogP contribution is 2.30. The number of hydrogen-bond acceptors (Lipinski definition) is 5. The van der Waals surface area contributed by atoms with Crippen molar-refractivity contribution in [2.24, 2.45) is 0 Å². The molecule has 0 saturated heterocycles. The van der Waals surface area contributed by atoms with Gasteiger partial charge in [-0.2, -0.15) is 4.52 Å². The number of aryl methyl sites for hydroxylation is 4. The summed E-state index contributed by atoms with van der Waals surface area (Å²) < 4.78 is 1.44. The Morgan fingerprint density at radius 3 is 2.56 bits per heavy atom. The number of anilines is 1. The normalized spacial score (nSPS) is 13.5. The quantitative estimate of drug-likeness (QED) is 0.480. The number of rotatable bonds is 2. The molecule has 0 radical (unpaired) electrons. The van der Waals surface area contributed by atoms with Crippen LogP contribution in [0.2, 0.25) is 0 Å². The maximum atomic E-state index is 12.6. The minimum absolute atomic E-state index is 0.145. The molecule has 32 heavy (non-hydrogen) atoms. The summed E-state index contributed by atoms with van der Waals surface area (Å²) in [5.41, 5.74) is 10.5. The van der Waals surface area contributed by atoms with Crippen molar-refractivity contribution in [2.45, 2.75) is 47.6 Å². The van der Waals surface area contributed by atoms with E-state index in [1.807, 2.05) is 20.0 Å². The zero-order valence-electron chi connectivity index (χ0n) is 19.2. The predicted molar refractivity (Wildman–Crippen MR) is 127 cm³/mol. The lowest BCUT2D eigenvalue weighted by Crippen LogP contribution is -2.34. The van der Waals surface area contributed by atoms with Crippen LogP contribution in [-0.4, -0.2) is 26.1 Å². The lowest BCUT2D eigenvalue weighted by molar-refractivity contribution is 0.684. The van der Waals surface area contributed by atoms with Gasteiger partial charge in [-0.3, -0.25) is 9.78 Å². The Morgan fingerprint density at radius 1 is 0.969 bits per heavy atom. The van der Waals surface area contributed by atoms with Gasteiger partial charge < -0.3 is 4.90 Å². The smallest absolute Gasteiger partial charge is 0.274 e. The first-order chi connectivity index (χ1) is 15.3. The molecule has 0 N–H and O–H groups in total. The summed E-state index contributed by atoms with van der Waals surface area (Å²) in [6.07, 6.45) is 2.84. The fraction of sp³-hybridized carbons (Fsp3) is 0.308. The van der Waals surface area contributed by atoms with Crippen molar-refractivity contribution in [2.75, 3.05) is 11.4 Å². The number of hydrogen-bond donors (Lipinski definition) is 0. The Bertz CT molecular complexity index is 1440. The molecule has 0 saturated carbocycles. The summed E-state index contributed by atoms with van der Waals surface area (Å²) in [5, 5.41) is 4.72. The van der Waals surface area contributed by atoms with Gasteiger partial charge in [0.2, 0.25) is 0 Å². The second-order valence-electron chi connectivity index (χ2n) is 8.86. The molecule has 0 atom stereocenters. The van der Waals surface area contributed by atoms with Gasteiger partial charge in [0.05, 0.1) is 0 Å². The minimum Gasteiger partial charge on any atom is -0.350 e. The number of pyridine rings is 1. The lowest BCUT2D eigenvalue weighted by atomic mass is 9.96. The topological polar surface area (TPSA) is 63.4 Å². The van der Waals surface area contributed by atoms with Gasteiger partial charge in [-0.15, -0.1) is 5.10 Å². The van der Waals surface area contributed by atoms with Gasteiger partial charge in [0, 0.05) is 59.9 Å². The third kappa shape index (κ3) is 3.36. The first-order valence-corrected chi connectivity index (χ1v) is 11.0. The van der Waals surface area contributed by atoms with E-state index in [0.29, 0.717) is 17.9 Å². The molecule has 0 spiro atoms. The molecule has 1 aliphatic rings. The maximum absolute atomic E-state index is 12.6. The predicted octanol–water partition coefficient (Wildman–Crippen LogP) is 4.26. The van der Waals surface area contributed by atoms with Gasteiger partial charge in [-0.05, 0) is 57.4 Å². The molecule has 6 heteroatoms. The van der Waals surface area contributed by atoms with E-state index in [0.717, 1.165) is 41.2 Å². The first-order valence-electron chi connectivity index (χ1n) is 11.0. The average Bonchev–Trinajstić information content (AvgIpc) is 2.76. The van der Waals surface area contributed by atoms with Crippen LogP contribution >= 0.6 is 0 Å². The van der Waals surface area contributed by atoms with E-state index in [-0.39, 0.29) is 5.56 Å². The monoisotopic (exact) mass is 425 g/mol. The molecule has 4 aromatic rings. The zero-order valence-corrected chi connectivity index (χ0v) is 19.2. The molecule has 162 valence electrons. The van der Waals surface area contributed by atoms with Gasteiger partial charge in [0.15, 0.2) is 11.5 Å². The summed E-state index contributed by atoms with van der Waals surface area (Å²) in [4.78, 5) is 24.2. The Morgan fingerprint density at radius 2 is 1.78 bits per heavy atom. The Labute approximate surface area is 187 Å². The molecule has 0 fully saturated rings. The highest BCUT2D eigenvalue weighted by molar-refractivity contribution is 5.68. The van der Waals surface area contributed by atoms with E-state index in [1.165, 1.54) is 32.8 Å². The lowest BCUT2D eigenvalue weighted by Gasteiger charge is -2.31. The molecule has 1 aromatic carbocycles. The van der Waals surface area contributed by atoms with E-state index in [4.69, 9.17) is 10.1 Å². The summed E-state index contributed by atoms with van der Waals surface area (Å²) in [5.74, 6) is 0.838. The van der Waals surface area contributed by atoms with Crippen molar-refractivity contribution in [3.8, 4) is 11.1 Å². The zero-order chi connectivity index (χ0) is 22.6. The number of aromatic nitrogens is 4. The summed E-state index contributed by atoms with van der Waals surface area (Å²) in [6.45, 7) is 11.7. The van der Waals surface area contributed by atoms with Crippen molar-refractivity contribution >= 4 is 11.5 Å². The molecule has 0 unspecified atom stereocenters.